The SMILES string of the molecule is Brc1cccc(-n2c(-c3cc(-c4nc5ccccc5n4-c4cccc(Br)c4)cc(-c4nc5ccccc5n4-c4cccc(Br)c4)c3)nc3ccccc32)c1. The fraction of sp³-hybridized carbons (Fsp3) is 0. The lowest BCUT2D eigenvalue weighted by Crippen LogP contribution is -2.02. The Kier molecular flexibility index (Phi) is 8.16. The number of aromatic nitrogens is 6. The van der Waals surface area contributed by atoms with Gasteiger partial charge in [-0.1, -0.05) is 102 Å². The van der Waals surface area contributed by atoms with E-state index in [0.29, 0.717) is 0 Å². The van der Waals surface area contributed by atoms with Crippen molar-refractivity contribution in [3.63, 3.8) is 0 Å². The van der Waals surface area contributed by atoms with Crippen LogP contribution < -0.4 is 0 Å². The molecule has 3 heterocycles. The third kappa shape index (κ3) is 5.71. The second kappa shape index (κ2) is 13.4. The van der Waals surface area contributed by atoms with Crippen LogP contribution in [0, 0.1) is 0 Å². The second-order valence-corrected chi connectivity index (χ2v) is 15.8. The number of para-hydroxylation sites is 6. The molecule has 9 heteroatoms. The number of halogens is 3. The maximum absolute atomic E-state index is 5.31. The van der Waals surface area contributed by atoms with Crippen LogP contribution in [0.2, 0.25) is 0 Å². The molecular formula is C45H27Br3N6. The van der Waals surface area contributed by atoms with Crippen molar-refractivity contribution in [2.75, 3.05) is 0 Å². The Hall–Kier alpha value is -5.61. The molecule has 7 aromatic carbocycles. The van der Waals surface area contributed by atoms with Crippen LogP contribution in [0.15, 0.2) is 177 Å². The van der Waals surface area contributed by atoms with Gasteiger partial charge in [0.1, 0.15) is 17.5 Å². The van der Waals surface area contributed by atoms with E-state index in [-0.39, 0.29) is 0 Å². The summed E-state index contributed by atoms with van der Waals surface area (Å²) < 4.78 is 9.67. The van der Waals surface area contributed by atoms with E-state index in [1.807, 2.05) is 36.4 Å². The fourth-order valence-corrected chi connectivity index (χ4v) is 8.46. The second-order valence-electron chi connectivity index (χ2n) is 13.0. The van der Waals surface area contributed by atoms with Crippen LogP contribution in [-0.2, 0) is 0 Å². The van der Waals surface area contributed by atoms with Gasteiger partial charge in [0.05, 0.1) is 33.1 Å². The zero-order valence-corrected chi connectivity index (χ0v) is 33.2. The first-order chi connectivity index (χ1) is 26.5. The Morgan fingerprint density at radius 2 is 0.611 bits per heavy atom. The van der Waals surface area contributed by atoms with Gasteiger partial charge in [-0.3, -0.25) is 13.7 Å². The normalized spacial score (nSPS) is 11.6. The number of rotatable bonds is 6. The predicted octanol–water partition coefficient (Wildman–Crippen LogP) is 13.0. The molecule has 0 bridgehead atoms. The summed E-state index contributed by atoms with van der Waals surface area (Å²) in [6.45, 7) is 0. The number of hydrogen-bond donors (Lipinski definition) is 0. The predicted molar refractivity (Wildman–Crippen MR) is 230 cm³/mol. The number of benzene rings is 7. The standard InChI is InChI=1S/C45H27Br3N6/c46-31-10-7-13-34(25-31)52-40-19-4-1-16-37(40)49-43(52)28-22-29(44-50-38-17-2-5-20-41(38)53(44)35-14-8-11-32(47)26-35)24-30(23-28)45-51-39-18-3-6-21-42(39)54(45)36-15-9-12-33(48)27-36/h1-27H. The molecule has 3 aromatic heterocycles. The molecule has 258 valence electrons. The first kappa shape index (κ1) is 33.0. The van der Waals surface area contributed by atoms with Gasteiger partial charge in [-0.15, -0.1) is 0 Å². The minimum atomic E-state index is 0.813. The van der Waals surface area contributed by atoms with Gasteiger partial charge in [0.15, 0.2) is 0 Å². The summed E-state index contributed by atoms with van der Waals surface area (Å²) in [6, 6.07) is 56.5. The molecule has 0 saturated carbocycles. The molecule has 0 aliphatic carbocycles. The van der Waals surface area contributed by atoms with Crippen molar-refractivity contribution >= 4 is 80.9 Å². The summed E-state index contributed by atoms with van der Waals surface area (Å²) in [5.74, 6) is 2.44. The average Bonchev–Trinajstić information content (AvgIpc) is 3.90. The smallest absolute Gasteiger partial charge is 0.145 e. The Balaban J connectivity index is 1.32. The van der Waals surface area contributed by atoms with Crippen LogP contribution in [0.1, 0.15) is 0 Å². The highest BCUT2D eigenvalue weighted by Gasteiger charge is 2.23. The van der Waals surface area contributed by atoms with Crippen LogP contribution in [-0.4, -0.2) is 28.7 Å². The molecule has 0 N–H and O–H groups in total. The van der Waals surface area contributed by atoms with Crippen molar-refractivity contribution in [1.82, 2.24) is 28.7 Å². The topological polar surface area (TPSA) is 53.5 Å². The molecule has 10 rings (SSSR count). The maximum atomic E-state index is 5.31. The highest BCUT2D eigenvalue weighted by atomic mass is 79.9. The quantitative estimate of drug-likeness (QED) is 0.167. The van der Waals surface area contributed by atoms with Gasteiger partial charge in [-0.25, -0.2) is 15.0 Å². The Bertz CT molecular complexity index is 2730. The van der Waals surface area contributed by atoms with Gasteiger partial charge in [-0.05, 0) is 109 Å². The molecule has 0 unspecified atom stereocenters. The van der Waals surface area contributed by atoms with E-state index in [1.54, 1.807) is 0 Å². The van der Waals surface area contributed by atoms with Gasteiger partial charge in [0, 0.05) is 47.2 Å². The first-order valence-corrected chi connectivity index (χ1v) is 19.7. The summed E-state index contributed by atoms with van der Waals surface area (Å²) in [6.07, 6.45) is 0. The van der Waals surface area contributed by atoms with Gasteiger partial charge in [0.2, 0.25) is 0 Å². The summed E-state index contributed by atoms with van der Waals surface area (Å²) in [4.78, 5) is 15.9. The molecule has 0 aliphatic rings. The fourth-order valence-electron chi connectivity index (χ4n) is 7.30. The average molecular weight is 891 g/mol. The highest BCUT2D eigenvalue weighted by Crippen LogP contribution is 2.39. The monoisotopic (exact) mass is 888 g/mol. The highest BCUT2D eigenvalue weighted by molar-refractivity contribution is 9.11. The minimum Gasteiger partial charge on any atom is -0.292 e. The maximum Gasteiger partial charge on any atom is 0.145 e. The molecule has 0 radical (unpaired) electrons. The van der Waals surface area contributed by atoms with E-state index in [2.05, 4.69) is 189 Å². The first-order valence-electron chi connectivity index (χ1n) is 17.3. The van der Waals surface area contributed by atoms with Gasteiger partial charge >= 0.3 is 0 Å². The molecular weight excluding hydrogens is 864 g/mol. The van der Waals surface area contributed by atoms with Crippen LogP contribution in [0.4, 0.5) is 0 Å². The summed E-state index contributed by atoms with van der Waals surface area (Å²) in [5, 5.41) is 0. The van der Waals surface area contributed by atoms with E-state index < -0.39 is 0 Å². The van der Waals surface area contributed by atoms with E-state index >= 15 is 0 Å². The summed E-state index contributed by atoms with van der Waals surface area (Å²) in [7, 11) is 0. The van der Waals surface area contributed by atoms with Crippen LogP contribution >= 0.6 is 47.8 Å². The number of nitrogens with zero attached hydrogens (tertiary/aromatic N) is 6. The molecule has 0 aliphatic heterocycles. The van der Waals surface area contributed by atoms with Crippen LogP contribution in [0.3, 0.4) is 0 Å². The molecule has 0 atom stereocenters. The summed E-state index contributed by atoms with van der Waals surface area (Å²) in [5.41, 5.74) is 11.6. The molecule has 0 saturated heterocycles. The van der Waals surface area contributed by atoms with Gasteiger partial charge in [-0.2, -0.15) is 0 Å². The molecule has 0 spiro atoms. The number of fused-ring (bicyclic) bond motifs is 3. The van der Waals surface area contributed by atoms with Crippen molar-refractivity contribution in [2.24, 2.45) is 0 Å². The lowest BCUT2D eigenvalue weighted by atomic mass is 10.0. The van der Waals surface area contributed by atoms with E-state index in [4.69, 9.17) is 15.0 Å². The van der Waals surface area contributed by atoms with Crippen molar-refractivity contribution in [2.45, 2.75) is 0 Å². The Morgan fingerprint density at radius 3 is 0.907 bits per heavy atom. The largest absolute Gasteiger partial charge is 0.292 e. The van der Waals surface area contributed by atoms with E-state index in [1.165, 1.54) is 0 Å². The molecule has 0 fully saturated rings. The molecule has 0 amide bonds. The van der Waals surface area contributed by atoms with Crippen LogP contribution in [0.25, 0.3) is 84.3 Å². The van der Waals surface area contributed by atoms with E-state index in [9.17, 15) is 0 Å². The third-order valence-electron chi connectivity index (χ3n) is 9.59. The molecule has 54 heavy (non-hydrogen) atoms. The zero-order valence-electron chi connectivity index (χ0n) is 28.4. The lowest BCUT2D eigenvalue weighted by molar-refractivity contribution is 1.08. The number of imidazole rings is 3. The minimum absolute atomic E-state index is 0.813. The van der Waals surface area contributed by atoms with Gasteiger partial charge < -0.3 is 0 Å². The Labute approximate surface area is 335 Å². The summed E-state index contributed by atoms with van der Waals surface area (Å²) >= 11 is 11.2. The number of hydrogen-bond acceptors (Lipinski definition) is 3. The lowest BCUT2D eigenvalue weighted by Gasteiger charge is -2.16. The van der Waals surface area contributed by atoms with Crippen molar-refractivity contribution in [3.8, 4) is 51.2 Å². The Morgan fingerprint density at radius 1 is 0.315 bits per heavy atom. The van der Waals surface area contributed by atoms with Crippen molar-refractivity contribution in [3.05, 3.63) is 177 Å². The third-order valence-corrected chi connectivity index (χ3v) is 11.1. The molecule has 6 nitrogen and oxygen atoms in total. The van der Waals surface area contributed by atoms with Crippen LogP contribution in [0.5, 0.6) is 0 Å². The van der Waals surface area contributed by atoms with Crippen molar-refractivity contribution < 1.29 is 0 Å². The van der Waals surface area contributed by atoms with Crippen molar-refractivity contribution in [1.29, 1.82) is 0 Å². The zero-order chi connectivity index (χ0) is 36.3. The van der Waals surface area contributed by atoms with Gasteiger partial charge in [0.25, 0.3) is 0 Å². The molecule has 10 aromatic rings. The van der Waals surface area contributed by atoms with E-state index in [0.717, 1.165) is 97.7 Å².